The SMILES string of the molecule is CC=CCCCCCCCCCCCCCCCCN. The van der Waals surface area contributed by atoms with Crippen LogP contribution in [-0.2, 0) is 0 Å². The summed E-state index contributed by atoms with van der Waals surface area (Å²) < 4.78 is 0. The van der Waals surface area contributed by atoms with Crippen LogP contribution in [0.2, 0.25) is 0 Å². The van der Waals surface area contributed by atoms with Crippen LogP contribution in [-0.4, -0.2) is 6.54 Å². The molecular weight excluding hydrogens is 242 g/mol. The summed E-state index contributed by atoms with van der Waals surface area (Å²) in [6.45, 7) is 2.98. The molecule has 0 aromatic rings. The highest BCUT2D eigenvalue weighted by atomic mass is 14.5. The minimum Gasteiger partial charge on any atom is -0.330 e. The van der Waals surface area contributed by atoms with Crippen molar-refractivity contribution in [3.8, 4) is 0 Å². The van der Waals surface area contributed by atoms with E-state index in [0.29, 0.717) is 0 Å². The second-order valence-corrected chi connectivity index (χ2v) is 6.10. The van der Waals surface area contributed by atoms with Crippen molar-refractivity contribution < 1.29 is 0 Å². The van der Waals surface area contributed by atoms with Crippen molar-refractivity contribution in [3.05, 3.63) is 12.2 Å². The molecule has 0 unspecified atom stereocenters. The summed E-state index contributed by atoms with van der Waals surface area (Å²) in [6, 6.07) is 0. The van der Waals surface area contributed by atoms with Crippen LogP contribution >= 0.6 is 0 Å². The van der Waals surface area contributed by atoms with E-state index in [9.17, 15) is 0 Å². The number of nitrogens with two attached hydrogens (primary N) is 1. The predicted octanol–water partition coefficient (Wildman–Crippen LogP) is 6.37. The first kappa shape index (κ1) is 19.7. The molecule has 0 rings (SSSR count). The summed E-state index contributed by atoms with van der Waals surface area (Å²) in [5.41, 5.74) is 5.49. The van der Waals surface area contributed by atoms with E-state index in [2.05, 4.69) is 19.1 Å². The highest BCUT2D eigenvalue weighted by Crippen LogP contribution is 2.13. The van der Waals surface area contributed by atoms with E-state index in [4.69, 9.17) is 5.73 Å². The summed E-state index contributed by atoms with van der Waals surface area (Å²) in [4.78, 5) is 0. The first-order valence-corrected chi connectivity index (χ1v) is 9.23. The molecular formula is C19H39N. The van der Waals surface area contributed by atoms with Gasteiger partial charge in [0.1, 0.15) is 0 Å². The minimum atomic E-state index is 0.870. The maximum absolute atomic E-state index is 5.49. The molecule has 20 heavy (non-hydrogen) atoms. The molecule has 0 aromatic carbocycles. The van der Waals surface area contributed by atoms with Gasteiger partial charge in [-0.2, -0.15) is 0 Å². The van der Waals surface area contributed by atoms with Crippen LogP contribution in [0.4, 0.5) is 0 Å². The van der Waals surface area contributed by atoms with Crippen molar-refractivity contribution in [2.45, 2.75) is 103 Å². The van der Waals surface area contributed by atoms with Crippen LogP contribution in [0.25, 0.3) is 0 Å². The van der Waals surface area contributed by atoms with Gasteiger partial charge in [0.25, 0.3) is 0 Å². The fourth-order valence-electron chi connectivity index (χ4n) is 2.69. The quantitative estimate of drug-likeness (QED) is 0.258. The van der Waals surface area contributed by atoms with Gasteiger partial charge in [0, 0.05) is 0 Å². The molecule has 0 amide bonds. The third-order valence-corrected chi connectivity index (χ3v) is 4.06. The molecule has 0 aliphatic carbocycles. The van der Waals surface area contributed by atoms with Gasteiger partial charge in [0.2, 0.25) is 0 Å². The van der Waals surface area contributed by atoms with Gasteiger partial charge in [-0.1, -0.05) is 89.2 Å². The fourth-order valence-corrected chi connectivity index (χ4v) is 2.69. The van der Waals surface area contributed by atoms with Crippen LogP contribution in [0.3, 0.4) is 0 Å². The van der Waals surface area contributed by atoms with E-state index in [1.807, 2.05) is 0 Å². The average Bonchev–Trinajstić information content (AvgIpc) is 2.47. The molecule has 0 aliphatic rings. The highest BCUT2D eigenvalue weighted by Gasteiger charge is 1.93. The Morgan fingerprint density at radius 1 is 0.550 bits per heavy atom. The highest BCUT2D eigenvalue weighted by molar-refractivity contribution is 4.76. The fraction of sp³-hybridized carbons (Fsp3) is 0.895. The summed E-state index contributed by atoms with van der Waals surface area (Å²) in [7, 11) is 0. The van der Waals surface area contributed by atoms with E-state index >= 15 is 0 Å². The van der Waals surface area contributed by atoms with Crippen molar-refractivity contribution >= 4 is 0 Å². The molecule has 1 nitrogen and oxygen atoms in total. The van der Waals surface area contributed by atoms with Crippen molar-refractivity contribution in [2.24, 2.45) is 5.73 Å². The zero-order valence-corrected chi connectivity index (χ0v) is 14.0. The molecule has 0 saturated carbocycles. The molecule has 0 aromatic heterocycles. The van der Waals surface area contributed by atoms with Gasteiger partial charge in [-0.15, -0.1) is 0 Å². The van der Waals surface area contributed by atoms with Gasteiger partial charge in [-0.3, -0.25) is 0 Å². The Hall–Kier alpha value is -0.300. The molecule has 0 radical (unpaired) electrons. The van der Waals surface area contributed by atoms with Crippen LogP contribution in [0.5, 0.6) is 0 Å². The molecule has 0 bridgehead atoms. The Bertz CT molecular complexity index is 186. The van der Waals surface area contributed by atoms with Gasteiger partial charge in [-0.25, -0.2) is 0 Å². The van der Waals surface area contributed by atoms with E-state index in [-0.39, 0.29) is 0 Å². The van der Waals surface area contributed by atoms with Crippen LogP contribution in [0, 0.1) is 0 Å². The Kier molecular flexibility index (Phi) is 18.4. The number of hydrogen-bond donors (Lipinski definition) is 1. The van der Waals surface area contributed by atoms with Gasteiger partial charge in [0.15, 0.2) is 0 Å². The van der Waals surface area contributed by atoms with Gasteiger partial charge in [0.05, 0.1) is 0 Å². The number of allylic oxidation sites excluding steroid dienone is 2. The monoisotopic (exact) mass is 281 g/mol. The zero-order chi connectivity index (χ0) is 14.7. The molecule has 120 valence electrons. The van der Waals surface area contributed by atoms with Crippen molar-refractivity contribution in [2.75, 3.05) is 6.54 Å². The number of unbranched alkanes of at least 4 members (excludes halogenated alkanes) is 14. The van der Waals surface area contributed by atoms with Gasteiger partial charge in [-0.05, 0) is 32.7 Å². The van der Waals surface area contributed by atoms with E-state index < -0.39 is 0 Å². The molecule has 0 heterocycles. The van der Waals surface area contributed by atoms with E-state index in [1.54, 1.807) is 0 Å². The van der Waals surface area contributed by atoms with Crippen LogP contribution in [0.1, 0.15) is 103 Å². The van der Waals surface area contributed by atoms with E-state index in [1.165, 1.54) is 96.3 Å². The lowest BCUT2D eigenvalue weighted by Gasteiger charge is -2.03. The summed E-state index contributed by atoms with van der Waals surface area (Å²) in [5.74, 6) is 0. The summed E-state index contributed by atoms with van der Waals surface area (Å²) in [5, 5.41) is 0. The Morgan fingerprint density at radius 3 is 1.25 bits per heavy atom. The van der Waals surface area contributed by atoms with Crippen molar-refractivity contribution in [1.29, 1.82) is 0 Å². The average molecular weight is 282 g/mol. The predicted molar refractivity (Wildman–Crippen MR) is 93.1 cm³/mol. The maximum Gasteiger partial charge on any atom is -0.00773 e. The lowest BCUT2D eigenvalue weighted by molar-refractivity contribution is 0.534. The maximum atomic E-state index is 5.49. The number of rotatable bonds is 16. The van der Waals surface area contributed by atoms with Crippen molar-refractivity contribution in [1.82, 2.24) is 0 Å². The molecule has 0 fully saturated rings. The Labute approximate surface area is 128 Å². The third kappa shape index (κ3) is 17.7. The molecule has 0 spiro atoms. The van der Waals surface area contributed by atoms with E-state index in [0.717, 1.165) is 6.54 Å². The van der Waals surface area contributed by atoms with Crippen LogP contribution in [0.15, 0.2) is 12.2 Å². The van der Waals surface area contributed by atoms with Gasteiger partial charge < -0.3 is 5.73 Å². The van der Waals surface area contributed by atoms with Crippen LogP contribution < -0.4 is 5.73 Å². The molecule has 2 N–H and O–H groups in total. The second-order valence-electron chi connectivity index (χ2n) is 6.10. The molecule has 1 heteroatoms. The Balaban J connectivity index is 2.92. The lowest BCUT2D eigenvalue weighted by Crippen LogP contribution is -1.97. The summed E-state index contributed by atoms with van der Waals surface area (Å²) >= 11 is 0. The standard InChI is InChI=1S/C19H39N/c1-2-3-4-5-6-7-8-9-10-11-12-13-14-15-16-17-18-19-20/h2-3H,4-20H2,1H3. The van der Waals surface area contributed by atoms with Gasteiger partial charge >= 0.3 is 0 Å². The van der Waals surface area contributed by atoms with Crippen molar-refractivity contribution in [3.63, 3.8) is 0 Å². The normalized spacial score (nSPS) is 11.5. The third-order valence-electron chi connectivity index (χ3n) is 4.06. The first-order valence-electron chi connectivity index (χ1n) is 9.23. The minimum absolute atomic E-state index is 0.870. The first-order chi connectivity index (χ1) is 9.91. The smallest absolute Gasteiger partial charge is 0.00773 e. The zero-order valence-electron chi connectivity index (χ0n) is 14.0. The summed E-state index contributed by atoms with van der Waals surface area (Å²) in [6.07, 6.45) is 25.5. The second kappa shape index (κ2) is 18.7. The largest absolute Gasteiger partial charge is 0.330 e. The Morgan fingerprint density at radius 2 is 0.900 bits per heavy atom. The molecule has 0 atom stereocenters. The molecule has 0 aliphatic heterocycles. The lowest BCUT2D eigenvalue weighted by atomic mass is 10.0. The molecule has 0 saturated heterocycles. The topological polar surface area (TPSA) is 26.0 Å². The number of hydrogen-bond acceptors (Lipinski definition) is 1.